The smallest absolute Gasteiger partial charge is 0.306 e. The van der Waals surface area contributed by atoms with E-state index in [4.69, 9.17) is 0 Å². The van der Waals surface area contributed by atoms with Crippen molar-refractivity contribution in [3.05, 3.63) is 0 Å². The van der Waals surface area contributed by atoms with Crippen molar-refractivity contribution in [3.8, 4) is 0 Å². The van der Waals surface area contributed by atoms with Crippen molar-refractivity contribution in [1.82, 2.24) is 0 Å². The summed E-state index contributed by atoms with van der Waals surface area (Å²) in [6.45, 7) is 4.52. The monoisotopic (exact) mass is 424 g/mol. The third-order valence-corrected chi connectivity index (χ3v) is 6.66. The summed E-state index contributed by atoms with van der Waals surface area (Å²) in [5.41, 5.74) is 0. The first-order valence-electron chi connectivity index (χ1n) is 13.9. The number of hydrogen-bond donors (Lipinski definition) is 1. The lowest BCUT2D eigenvalue weighted by Crippen LogP contribution is -2.13. The van der Waals surface area contributed by atoms with Gasteiger partial charge in [0.15, 0.2) is 0 Å². The fourth-order valence-electron chi connectivity index (χ4n) is 4.50. The van der Waals surface area contributed by atoms with Gasteiger partial charge in [-0.05, 0) is 12.8 Å². The first-order chi connectivity index (χ1) is 14.7. The number of carboxylic acid groups (broad SMARTS) is 1. The van der Waals surface area contributed by atoms with E-state index >= 15 is 0 Å². The van der Waals surface area contributed by atoms with Crippen LogP contribution in [0.15, 0.2) is 0 Å². The zero-order valence-electron chi connectivity index (χ0n) is 20.9. The van der Waals surface area contributed by atoms with Crippen LogP contribution >= 0.6 is 0 Å². The summed E-state index contributed by atoms with van der Waals surface area (Å²) in [6.07, 6.45) is 31.2. The van der Waals surface area contributed by atoms with Gasteiger partial charge in [0.05, 0.1) is 5.92 Å². The van der Waals surface area contributed by atoms with Crippen molar-refractivity contribution >= 4 is 5.97 Å². The lowest BCUT2D eigenvalue weighted by Gasteiger charge is -2.12. The predicted octanol–water partition coefficient (Wildman–Crippen LogP) is 10.1. The Morgan fingerprint density at radius 1 is 0.467 bits per heavy atom. The summed E-state index contributed by atoms with van der Waals surface area (Å²) in [5, 5.41) is 9.44. The zero-order valence-corrected chi connectivity index (χ0v) is 20.9. The Morgan fingerprint density at radius 2 is 0.700 bits per heavy atom. The van der Waals surface area contributed by atoms with Crippen LogP contribution < -0.4 is 0 Å². The van der Waals surface area contributed by atoms with Crippen molar-refractivity contribution in [2.24, 2.45) is 5.92 Å². The number of carboxylic acids is 1. The van der Waals surface area contributed by atoms with Gasteiger partial charge >= 0.3 is 5.97 Å². The van der Waals surface area contributed by atoms with E-state index in [1.54, 1.807) is 0 Å². The highest BCUT2D eigenvalue weighted by Crippen LogP contribution is 2.20. The van der Waals surface area contributed by atoms with Crippen LogP contribution in [0.2, 0.25) is 0 Å². The second kappa shape index (κ2) is 24.7. The minimum Gasteiger partial charge on any atom is -0.481 e. The topological polar surface area (TPSA) is 37.3 Å². The highest BCUT2D eigenvalue weighted by atomic mass is 16.4. The van der Waals surface area contributed by atoms with Crippen LogP contribution in [0, 0.1) is 5.92 Å². The quantitative estimate of drug-likeness (QED) is 0.148. The van der Waals surface area contributed by atoms with E-state index in [-0.39, 0.29) is 5.92 Å². The molecule has 0 heterocycles. The summed E-state index contributed by atoms with van der Waals surface area (Å²) in [6, 6.07) is 0. The number of hydrogen-bond acceptors (Lipinski definition) is 1. The molecule has 0 aromatic heterocycles. The van der Waals surface area contributed by atoms with Crippen molar-refractivity contribution in [2.45, 2.75) is 168 Å². The van der Waals surface area contributed by atoms with Gasteiger partial charge in [-0.15, -0.1) is 0 Å². The van der Waals surface area contributed by atoms with E-state index in [2.05, 4.69) is 13.8 Å². The molecule has 0 amide bonds. The molecule has 2 heteroatoms. The van der Waals surface area contributed by atoms with Crippen LogP contribution in [0.4, 0.5) is 0 Å². The molecule has 30 heavy (non-hydrogen) atoms. The molecule has 0 fully saturated rings. The average molecular weight is 425 g/mol. The Bertz CT molecular complexity index is 340. The molecule has 0 rings (SSSR count). The maximum absolute atomic E-state index is 11.5. The molecule has 2 nitrogen and oxygen atoms in total. The minimum atomic E-state index is -0.565. The Labute approximate surface area is 190 Å². The molecule has 0 spiro atoms. The molecule has 0 saturated carbocycles. The second-order valence-electron chi connectivity index (χ2n) is 9.68. The van der Waals surface area contributed by atoms with Crippen LogP contribution in [-0.2, 0) is 4.79 Å². The summed E-state index contributed by atoms with van der Waals surface area (Å²) >= 11 is 0. The standard InChI is InChI=1S/C28H56O2/c1-3-5-7-9-11-12-13-14-15-16-17-18-19-20-22-24-26-27(28(29)30)25-23-21-10-8-6-4-2/h27H,3-26H2,1-2H3,(H,29,30). The van der Waals surface area contributed by atoms with Crippen molar-refractivity contribution in [3.63, 3.8) is 0 Å². The summed E-state index contributed by atoms with van der Waals surface area (Å²) in [4.78, 5) is 11.5. The summed E-state index contributed by atoms with van der Waals surface area (Å²) in [7, 11) is 0. The van der Waals surface area contributed by atoms with Gasteiger partial charge < -0.3 is 5.11 Å². The van der Waals surface area contributed by atoms with E-state index in [9.17, 15) is 9.90 Å². The highest BCUT2D eigenvalue weighted by molar-refractivity contribution is 5.69. The Morgan fingerprint density at radius 3 is 0.933 bits per heavy atom. The fourth-order valence-corrected chi connectivity index (χ4v) is 4.50. The van der Waals surface area contributed by atoms with Gasteiger partial charge in [0.25, 0.3) is 0 Å². The van der Waals surface area contributed by atoms with Crippen molar-refractivity contribution < 1.29 is 9.90 Å². The molecule has 1 N–H and O–H groups in total. The second-order valence-corrected chi connectivity index (χ2v) is 9.68. The third-order valence-electron chi connectivity index (χ3n) is 6.66. The molecule has 0 bridgehead atoms. The first-order valence-corrected chi connectivity index (χ1v) is 13.9. The number of unbranched alkanes of at least 4 members (excludes halogenated alkanes) is 20. The van der Waals surface area contributed by atoms with E-state index in [1.165, 1.54) is 128 Å². The Kier molecular flexibility index (Phi) is 24.3. The normalized spacial score (nSPS) is 12.3. The van der Waals surface area contributed by atoms with Crippen LogP contribution in [0.3, 0.4) is 0 Å². The van der Waals surface area contributed by atoms with Gasteiger partial charge in [0, 0.05) is 0 Å². The molecule has 0 aliphatic carbocycles. The van der Waals surface area contributed by atoms with E-state index in [0.29, 0.717) is 0 Å². The highest BCUT2D eigenvalue weighted by Gasteiger charge is 2.16. The molecule has 180 valence electrons. The first kappa shape index (κ1) is 29.5. The molecule has 0 aromatic carbocycles. The summed E-state index contributed by atoms with van der Waals surface area (Å²) < 4.78 is 0. The number of rotatable bonds is 25. The van der Waals surface area contributed by atoms with Crippen molar-refractivity contribution in [1.29, 1.82) is 0 Å². The molecule has 0 aromatic rings. The molecule has 0 radical (unpaired) electrons. The van der Waals surface area contributed by atoms with Crippen LogP contribution in [0.5, 0.6) is 0 Å². The van der Waals surface area contributed by atoms with Gasteiger partial charge in [0.1, 0.15) is 0 Å². The largest absolute Gasteiger partial charge is 0.481 e. The molecule has 0 aliphatic heterocycles. The lowest BCUT2D eigenvalue weighted by molar-refractivity contribution is -0.142. The molecular formula is C28H56O2. The number of aliphatic carboxylic acids is 1. The van der Waals surface area contributed by atoms with Gasteiger partial charge in [-0.1, -0.05) is 155 Å². The summed E-state index contributed by atoms with van der Waals surface area (Å²) in [5.74, 6) is -0.660. The predicted molar refractivity (Wildman–Crippen MR) is 133 cm³/mol. The molecule has 1 atom stereocenters. The molecular weight excluding hydrogens is 368 g/mol. The van der Waals surface area contributed by atoms with E-state index in [1.807, 2.05) is 0 Å². The maximum atomic E-state index is 11.5. The molecule has 0 aliphatic rings. The third kappa shape index (κ3) is 22.2. The lowest BCUT2D eigenvalue weighted by atomic mass is 9.94. The van der Waals surface area contributed by atoms with Crippen LogP contribution in [0.1, 0.15) is 168 Å². The van der Waals surface area contributed by atoms with Gasteiger partial charge in [-0.25, -0.2) is 0 Å². The average Bonchev–Trinajstić information content (AvgIpc) is 2.74. The van der Waals surface area contributed by atoms with Crippen LogP contribution in [0.25, 0.3) is 0 Å². The Hall–Kier alpha value is -0.530. The fraction of sp³-hybridized carbons (Fsp3) is 0.964. The molecule has 1 unspecified atom stereocenters. The van der Waals surface area contributed by atoms with Crippen molar-refractivity contribution in [2.75, 3.05) is 0 Å². The van der Waals surface area contributed by atoms with E-state index in [0.717, 1.165) is 25.7 Å². The van der Waals surface area contributed by atoms with E-state index < -0.39 is 5.97 Å². The number of carbonyl (C=O) groups is 1. The molecule has 0 saturated heterocycles. The van der Waals surface area contributed by atoms with Gasteiger partial charge in [-0.3, -0.25) is 4.79 Å². The maximum Gasteiger partial charge on any atom is 0.306 e. The Balaban J connectivity index is 3.34. The van der Waals surface area contributed by atoms with Gasteiger partial charge in [-0.2, -0.15) is 0 Å². The van der Waals surface area contributed by atoms with Crippen LogP contribution in [-0.4, -0.2) is 11.1 Å². The SMILES string of the molecule is CCCCCCCCCCCCCCCCCCC(CCCCCCCC)C(=O)O. The zero-order chi connectivity index (χ0) is 22.1. The van der Waals surface area contributed by atoms with Gasteiger partial charge in [0.2, 0.25) is 0 Å². The minimum absolute atomic E-state index is 0.0946.